The SMILES string of the molecule is CC(C)n1ccnc1CN1CCN(c2nnc(C(F)(F)F)s2)CC1. The average molecular weight is 360 g/mol. The lowest BCUT2D eigenvalue weighted by Gasteiger charge is -2.34. The van der Waals surface area contributed by atoms with Crippen molar-refractivity contribution in [2.24, 2.45) is 0 Å². The molecule has 24 heavy (non-hydrogen) atoms. The van der Waals surface area contributed by atoms with Crippen LogP contribution in [0.1, 0.15) is 30.7 Å². The summed E-state index contributed by atoms with van der Waals surface area (Å²) in [5, 5.41) is 6.38. The van der Waals surface area contributed by atoms with Gasteiger partial charge < -0.3 is 9.47 Å². The normalized spacial score (nSPS) is 17.0. The predicted molar refractivity (Wildman–Crippen MR) is 85.0 cm³/mol. The van der Waals surface area contributed by atoms with E-state index in [1.54, 1.807) is 6.20 Å². The van der Waals surface area contributed by atoms with Crippen molar-refractivity contribution in [3.05, 3.63) is 23.2 Å². The molecule has 1 aliphatic rings. The van der Waals surface area contributed by atoms with Crippen molar-refractivity contribution >= 4 is 16.5 Å². The fraction of sp³-hybridized carbons (Fsp3) is 0.643. The van der Waals surface area contributed by atoms with Crippen LogP contribution in [-0.2, 0) is 12.7 Å². The molecule has 0 amide bonds. The maximum Gasteiger partial charge on any atom is 0.445 e. The van der Waals surface area contributed by atoms with Crippen LogP contribution in [0, 0.1) is 0 Å². The van der Waals surface area contributed by atoms with Gasteiger partial charge in [-0.2, -0.15) is 13.2 Å². The first-order chi connectivity index (χ1) is 11.3. The minimum absolute atomic E-state index is 0.339. The van der Waals surface area contributed by atoms with Gasteiger partial charge in [0.1, 0.15) is 5.82 Å². The first-order valence-corrected chi connectivity index (χ1v) is 8.56. The Morgan fingerprint density at radius 2 is 1.88 bits per heavy atom. The van der Waals surface area contributed by atoms with Crippen molar-refractivity contribution in [1.29, 1.82) is 0 Å². The summed E-state index contributed by atoms with van der Waals surface area (Å²) in [4.78, 5) is 8.51. The lowest BCUT2D eigenvalue weighted by molar-refractivity contribution is -0.138. The number of aromatic nitrogens is 4. The number of hydrogen-bond acceptors (Lipinski definition) is 6. The fourth-order valence-electron chi connectivity index (χ4n) is 2.69. The summed E-state index contributed by atoms with van der Waals surface area (Å²) in [6, 6.07) is 0.353. The Bertz CT molecular complexity index is 672. The molecule has 2 aromatic heterocycles. The van der Waals surface area contributed by atoms with Crippen LogP contribution in [0.3, 0.4) is 0 Å². The molecule has 3 heterocycles. The van der Waals surface area contributed by atoms with Gasteiger partial charge in [0.05, 0.1) is 6.54 Å². The van der Waals surface area contributed by atoms with Crippen LogP contribution in [0.25, 0.3) is 0 Å². The van der Waals surface area contributed by atoms with E-state index in [0.717, 1.165) is 25.5 Å². The van der Waals surface area contributed by atoms with Gasteiger partial charge in [0.2, 0.25) is 10.1 Å². The smallest absolute Gasteiger partial charge is 0.344 e. The number of nitrogens with zero attached hydrogens (tertiary/aromatic N) is 6. The van der Waals surface area contributed by atoms with Gasteiger partial charge in [-0.1, -0.05) is 11.3 Å². The van der Waals surface area contributed by atoms with Gasteiger partial charge in [0, 0.05) is 44.6 Å². The quantitative estimate of drug-likeness (QED) is 0.839. The van der Waals surface area contributed by atoms with E-state index in [4.69, 9.17) is 0 Å². The first kappa shape index (κ1) is 17.2. The Kier molecular flexibility index (Phi) is 4.77. The highest BCUT2D eigenvalue weighted by Crippen LogP contribution is 2.34. The lowest BCUT2D eigenvalue weighted by Crippen LogP contribution is -2.46. The van der Waals surface area contributed by atoms with Crippen molar-refractivity contribution in [2.75, 3.05) is 31.1 Å². The van der Waals surface area contributed by atoms with Crippen LogP contribution in [0.15, 0.2) is 12.4 Å². The third-order valence-corrected chi connectivity index (χ3v) is 5.00. The molecule has 0 spiro atoms. The highest BCUT2D eigenvalue weighted by Gasteiger charge is 2.36. The van der Waals surface area contributed by atoms with E-state index >= 15 is 0 Å². The molecule has 132 valence electrons. The molecule has 0 aliphatic carbocycles. The zero-order valence-electron chi connectivity index (χ0n) is 13.5. The van der Waals surface area contributed by atoms with Crippen molar-refractivity contribution in [2.45, 2.75) is 32.6 Å². The number of imidazole rings is 1. The predicted octanol–water partition coefficient (Wildman–Crippen LogP) is 2.66. The van der Waals surface area contributed by atoms with Gasteiger partial charge in [0.25, 0.3) is 0 Å². The molecular formula is C14H19F3N6S. The molecular weight excluding hydrogens is 341 g/mol. The highest BCUT2D eigenvalue weighted by atomic mass is 32.1. The topological polar surface area (TPSA) is 50.1 Å². The summed E-state index contributed by atoms with van der Waals surface area (Å²) in [5.41, 5.74) is 0. The molecule has 1 saturated heterocycles. The van der Waals surface area contributed by atoms with Crippen LogP contribution in [0.2, 0.25) is 0 Å². The third-order valence-electron chi connectivity index (χ3n) is 3.97. The Hall–Kier alpha value is -1.68. The molecule has 3 rings (SSSR count). The van der Waals surface area contributed by atoms with E-state index in [1.807, 2.05) is 11.1 Å². The van der Waals surface area contributed by atoms with Gasteiger partial charge in [0.15, 0.2) is 0 Å². The van der Waals surface area contributed by atoms with E-state index in [9.17, 15) is 13.2 Å². The van der Waals surface area contributed by atoms with E-state index in [0.29, 0.717) is 35.6 Å². The van der Waals surface area contributed by atoms with Crippen LogP contribution in [-0.4, -0.2) is 50.8 Å². The molecule has 1 aliphatic heterocycles. The van der Waals surface area contributed by atoms with Crippen LogP contribution >= 0.6 is 11.3 Å². The second-order valence-corrected chi connectivity index (χ2v) is 6.95. The summed E-state index contributed by atoms with van der Waals surface area (Å²) >= 11 is 0.603. The molecule has 0 atom stereocenters. The number of alkyl halides is 3. The second-order valence-electron chi connectivity index (χ2n) is 6.00. The molecule has 2 aromatic rings. The maximum atomic E-state index is 12.6. The fourth-order valence-corrected chi connectivity index (χ4v) is 3.46. The van der Waals surface area contributed by atoms with Crippen molar-refractivity contribution in [3.63, 3.8) is 0 Å². The van der Waals surface area contributed by atoms with Gasteiger partial charge >= 0.3 is 6.18 Å². The van der Waals surface area contributed by atoms with E-state index in [2.05, 4.69) is 38.5 Å². The number of anilines is 1. The molecule has 1 fully saturated rings. The molecule has 6 nitrogen and oxygen atoms in total. The Morgan fingerprint density at radius 3 is 2.46 bits per heavy atom. The highest BCUT2D eigenvalue weighted by molar-refractivity contribution is 7.15. The third kappa shape index (κ3) is 3.69. The molecule has 0 N–H and O–H groups in total. The molecule has 0 unspecified atom stereocenters. The van der Waals surface area contributed by atoms with Crippen molar-refractivity contribution in [3.8, 4) is 0 Å². The molecule has 10 heteroatoms. The van der Waals surface area contributed by atoms with E-state index in [1.165, 1.54) is 0 Å². The Labute approximate surface area is 141 Å². The average Bonchev–Trinajstić information content (AvgIpc) is 3.16. The maximum absolute atomic E-state index is 12.6. The molecule has 0 bridgehead atoms. The van der Waals surface area contributed by atoms with Crippen molar-refractivity contribution in [1.82, 2.24) is 24.6 Å². The standard InChI is InChI=1S/C14H19F3N6S/c1-10(2)23-4-3-18-11(23)9-21-5-7-22(8-6-21)13-20-19-12(24-13)14(15,16)17/h3-4,10H,5-9H2,1-2H3. The summed E-state index contributed by atoms with van der Waals surface area (Å²) in [6.45, 7) is 7.73. The Morgan fingerprint density at radius 1 is 1.17 bits per heavy atom. The van der Waals surface area contributed by atoms with Crippen molar-refractivity contribution < 1.29 is 13.2 Å². The minimum atomic E-state index is -4.42. The van der Waals surface area contributed by atoms with E-state index < -0.39 is 11.2 Å². The first-order valence-electron chi connectivity index (χ1n) is 7.74. The minimum Gasteiger partial charge on any atom is -0.344 e. The molecule has 0 saturated carbocycles. The van der Waals surface area contributed by atoms with Crippen LogP contribution < -0.4 is 4.90 Å². The molecule has 0 radical (unpaired) electrons. The Balaban J connectivity index is 1.58. The van der Waals surface area contributed by atoms with Crippen LogP contribution in [0.5, 0.6) is 0 Å². The summed E-state index contributed by atoms with van der Waals surface area (Å²) in [6.07, 6.45) is -0.659. The summed E-state index contributed by atoms with van der Waals surface area (Å²) in [7, 11) is 0. The number of hydrogen-bond donors (Lipinski definition) is 0. The van der Waals surface area contributed by atoms with Gasteiger partial charge in [-0.15, -0.1) is 10.2 Å². The van der Waals surface area contributed by atoms with Gasteiger partial charge in [-0.3, -0.25) is 4.90 Å². The summed E-state index contributed by atoms with van der Waals surface area (Å²) < 4.78 is 40.0. The zero-order chi connectivity index (χ0) is 17.3. The monoisotopic (exact) mass is 360 g/mol. The van der Waals surface area contributed by atoms with Gasteiger partial charge in [-0.05, 0) is 13.8 Å². The van der Waals surface area contributed by atoms with Gasteiger partial charge in [-0.25, -0.2) is 4.98 Å². The summed E-state index contributed by atoms with van der Waals surface area (Å²) in [5.74, 6) is 1.01. The largest absolute Gasteiger partial charge is 0.445 e. The van der Waals surface area contributed by atoms with Crippen LogP contribution in [0.4, 0.5) is 18.3 Å². The number of halogens is 3. The lowest BCUT2D eigenvalue weighted by atomic mass is 10.3. The van der Waals surface area contributed by atoms with E-state index in [-0.39, 0.29) is 0 Å². The number of rotatable bonds is 4. The number of piperazine rings is 1. The zero-order valence-corrected chi connectivity index (χ0v) is 14.3. The second kappa shape index (κ2) is 6.67. The molecule has 0 aromatic carbocycles.